The minimum atomic E-state index is -0.184. The lowest BCUT2D eigenvalue weighted by atomic mass is 9.73. The van der Waals surface area contributed by atoms with Gasteiger partial charge in [0.2, 0.25) is 5.95 Å². The van der Waals surface area contributed by atoms with Crippen molar-refractivity contribution in [3.63, 3.8) is 0 Å². The molecule has 11 aromatic rings. The summed E-state index contributed by atoms with van der Waals surface area (Å²) in [7, 11) is 0. The summed E-state index contributed by atoms with van der Waals surface area (Å²) in [5.41, 5.74) is 15.8. The predicted octanol–water partition coefficient (Wildman–Crippen LogP) is 15.0. The minimum Gasteiger partial charge on any atom is -0.310 e. The monoisotopic (exact) mass is 780 g/mol. The molecule has 0 N–H and O–H groups in total. The quantitative estimate of drug-likeness (QED) is 0.174. The van der Waals surface area contributed by atoms with Gasteiger partial charge in [0.05, 0.1) is 33.6 Å². The van der Waals surface area contributed by atoms with Crippen molar-refractivity contribution >= 4 is 60.5 Å². The Labute approximate surface area is 354 Å². The Hall–Kier alpha value is -7.82. The minimum absolute atomic E-state index is 0.184. The highest BCUT2D eigenvalue weighted by molar-refractivity contribution is 6.25. The second kappa shape index (κ2) is 13.6. The molecule has 4 heteroatoms. The maximum atomic E-state index is 5.37. The molecule has 4 nitrogen and oxygen atoms in total. The van der Waals surface area contributed by atoms with Crippen LogP contribution in [-0.4, -0.2) is 14.5 Å². The van der Waals surface area contributed by atoms with E-state index < -0.39 is 0 Å². The summed E-state index contributed by atoms with van der Waals surface area (Å²) in [6, 6.07) is 74.3. The van der Waals surface area contributed by atoms with Gasteiger partial charge in [0.25, 0.3) is 0 Å². The van der Waals surface area contributed by atoms with E-state index in [1.807, 2.05) is 6.07 Å². The number of rotatable bonds is 5. The largest absolute Gasteiger partial charge is 0.310 e. The highest BCUT2D eigenvalue weighted by Crippen LogP contribution is 2.52. The first-order valence-electron chi connectivity index (χ1n) is 21.0. The average Bonchev–Trinajstić information content (AvgIpc) is 3.67. The maximum absolute atomic E-state index is 5.37. The van der Waals surface area contributed by atoms with Crippen molar-refractivity contribution in [1.29, 1.82) is 0 Å². The van der Waals surface area contributed by atoms with Crippen LogP contribution in [0.15, 0.2) is 206 Å². The topological polar surface area (TPSA) is 34.0 Å². The lowest BCUT2D eigenvalue weighted by molar-refractivity contribution is 0.632. The Morgan fingerprint density at radius 2 is 1.08 bits per heavy atom. The molecular weight excluding hydrogens is 741 g/mol. The van der Waals surface area contributed by atoms with Crippen molar-refractivity contribution in [2.24, 2.45) is 0 Å². The first kappa shape index (κ1) is 35.2. The molecule has 1 aliphatic heterocycles. The molecule has 0 unspecified atom stereocenters. The van der Waals surface area contributed by atoms with E-state index in [0.29, 0.717) is 5.95 Å². The van der Waals surface area contributed by atoms with Crippen molar-refractivity contribution in [2.75, 3.05) is 4.90 Å². The number of hydrogen-bond donors (Lipinski definition) is 0. The Balaban J connectivity index is 1.02. The molecule has 0 spiro atoms. The number of anilines is 3. The fourth-order valence-corrected chi connectivity index (χ4v) is 9.85. The summed E-state index contributed by atoms with van der Waals surface area (Å²) in [5.74, 6) is 0.657. The maximum Gasteiger partial charge on any atom is 0.235 e. The standard InChI is InChI=1S/C57H40N4/c1-57(2)46-24-12-14-26-49(46)60(42-19-7-4-8-20-42)50-34-33-41(36-47(50)57)37-28-30-39(31-29-37)44-23-15-27-51-53(44)54-43-21-10-9-16-38(43)32-35-52(54)61(51)56-58-48-25-13-11-22-45(48)55(59-56)40-17-5-3-6-18-40/h3-36H,1-2H3. The molecule has 0 saturated carbocycles. The van der Waals surface area contributed by atoms with Gasteiger partial charge in [-0.3, -0.25) is 4.57 Å². The van der Waals surface area contributed by atoms with E-state index in [2.05, 4.69) is 224 Å². The number of aromatic nitrogens is 3. The van der Waals surface area contributed by atoms with Crippen LogP contribution in [0.25, 0.3) is 82.9 Å². The SMILES string of the molecule is CC1(C)c2ccccc2N(c2ccccc2)c2ccc(-c3ccc(-c4cccc5c4c4c6ccccc6ccc4n5-c4nc(-c5ccccc5)c5ccccc5n4)cc3)cc21. The van der Waals surface area contributed by atoms with E-state index in [9.17, 15) is 0 Å². The molecule has 9 aromatic carbocycles. The van der Waals surface area contributed by atoms with Crippen LogP contribution in [0.1, 0.15) is 25.0 Å². The Morgan fingerprint density at radius 1 is 0.426 bits per heavy atom. The van der Waals surface area contributed by atoms with Gasteiger partial charge >= 0.3 is 0 Å². The van der Waals surface area contributed by atoms with Crippen molar-refractivity contribution in [3.05, 3.63) is 217 Å². The zero-order valence-corrected chi connectivity index (χ0v) is 33.9. The summed E-state index contributed by atoms with van der Waals surface area (Å²) in [5, 5.41) is 5.83. The van der Waals surface area contributed by atoms with Crippen molar-refractivity contribution in [2.45, 2.75) is 19.3 Å². The lowest BCUT2D eigenvalue weighted by Crippen LogP contribution is -2.30. The molecular formula is C57H40N4. The number of para-hydroxylation sites is 3. The Bertz CT molecular complexity index is 3490. The lowest BCUT2D eigenvalue weighted by Gasteiger charge is -2.42. The van der Waals surface area contributed by atoms with Gasteiger partial charge in [-0.05, 0) is 92.7 Å². The number of hydrogen-bond acceptors (Lipinski definition) is 3. The smallest absolute Gasteiger partial charge is 0.235 e. The number of nitrogens with zero attached hydrogens (tertiary/aromatic N) is 4. The van der Waals surface area contributed by atoms with Crippen LogP contribution in [0.5, 0.6) is 0 Å². The summed E-state index contributed by atoms with van der Waals surface area (Å²) < 4.78 is 2.26. The normalized spacial score (nSPS) is 13.2. The van der Waals surface area contributed by atoms with Crippen molar-refractivity contribution < 1.29 is 0 Å². The van der Waals surface area contributed by atoms with Gasteiger partial charge in [0, 0.05) is 32.8 Å². The van der Waals surface area contributed by atoms with Crippen LogP contribution in [0.3, 0.4) is 0 Å². The van der Waals surface area contributed by atoms with Gasteiger partial charge in [0.1, 0.15) is 0 Å². The zero-order chi connectivity index (χ0) is 40.7. The number of fused-ring (bicyclic) bond motifs is 8. The molecule has 288 valence electrons. The van der Waals surface area contributed by atoms with Crippen LogP contribution in [-0.2, 0) is 5.41 Å². The highest BCUT2D eigenvalue weighted by Gasteiger charge is 2.37. The third-order valence-corrected chi connectivity index (χ3v) is 12.8. The van der Waals surface area contributed by atoms with Gasteiger partial charge in [-0.1, -0.05) is 172 Å². The molecule has 1 aliphatic rings. The van der Waals surface area contributed by atoms with E-state index >= 15 is 0 Å². The van der Waals surface area contributed by atoms with Crippen molar-refractivity contribution in [3.8, 4) is 39.5 Å². The fraction of sp³-hybridized carbons (Fsp3) is 0.0526. The third-order valence-electron chi connectivity index (χ3n) is 12.8. The summed E-state index contributed by atoms with van der Waals surface area (Å²) in [4.78, 5) is 13.0. The molecule has 0 bridgehead atoms. The van der Waals surface area contributed by atoms with Gasteiger partial charge in [0.15, 0.2) is 0 Å². The van der Waals surface area contributed by atoms with Crippen LogP contribution < -0.4 is 4.90 Å². The van der Waals surface area contributed by atoms with Gasteiger partial charge in [-0.15, -0.1) is 0 Å². The second-order valence-corrected chi connectivity index (χ2v) is 16.6. The van der Waals surface area contributed by atoms with Gasteiger partial charge < -0.3 is 4.90 Å². The van der Waals surface area contributed by atoms with Gasteiger partial charge in [-0.2, -0.15) is 0 Å². The van der Waals surface area contributed by atoms with Crippen molar-refractivity contribution in [1.82, 2.24) is 14.5 Å². The van der Waals surface area contributed by atoms with E-state index in [0.717, 1.165) is 44.4 Å². The molecule has 0 radical (unpaired) electrons. The van der Waals surface area contributed by atoms with Crippen LogP contribution >= 0.6 is 0 Å². The van der Waals surface area contributed by atoms with E-state index in [-0.39, 0.29) is 5.41 Å². The molecule has 0 amide bonds. The van der Waals surface area contributed by atoms with Crippen LogP contribution in [0.2, 0.25) is 0 Å². The average molecular weight is 781 g/mol. The zero-order valence-electron chi connectivity index (χ0n) is 33.9. The highest BCUT2D eigenvalue weighted by atomic mass is 15.2. The molecule has 0 saturated heterocycles. The fourth-order valence-electron chi connectivity index (χ4n) is 9.85. The third kappa shape index (κ3) is 5.46. The number of benzene rings is 9. The molecule has 2 aromatic heterocycles. The van der Waals surface area contributed by atoms with Crippen LogP contribution in [0, 0.1) is 0 Å². The molecule has 61 heavy (non-hydrogen) atoms. The summed E-state index contributed by atoms with van der Waals surface area (Å²) >= 11 is 0. The van der Waals surface area contributed by atoms with E-state index in [1.54, 1.807) is 0 Å². The Kier molecular flexibility index (Phi) is 7.85. The first-order valence-corrected chi connectivity index (χ1v) is 21.0. The van der Waals surface area contributed by atoms with Crippen LogP contribution in [0.4, 0.5) is 17.1 Å². The van der Waals surface area contributed by atoms with Gasteiger partial charge in [-0.25, -0.2) is 9.97 Å². The summed E-state index contributed by atoms with van der Waals surface area (Å²) in [6.07, 6.45) is 0. The molecule has 12 rings (SSSR count). The first-order chi connectivity index (χ1) is 30.0. The molecule has 0 fully saturated rings. The van der Waals surface area contributed by atoms with E-state index in [4.69, 9.17) is 9.97 Å². The molecule has 3 heterocycles. The molecule has 0 atom stereocenters. The predicted molar refractivity (Wildman–Crippen MR) is 255 cm³/mol. The summed E-state index contributed by atoms with van der Waals surface area (Å²) in [6.45, 7) is 4.71. The second-order valence-electron chi connectivity index (χ2n) is 16.6. The Morgan fingerprint density at radius 3 is 1.92 bits per heavy atom. The van der Waals surface area contributed by atoms with E-state index in [1.165, 1.54) is 60.7 Å². The molecule has 0 aliphatic carbocycles.